The summed E-state index contributed by atoms with van der Waals surface area (Å²) in [7, 11) is 0. The summed E-state index contributed by atoms with van der Waals surface area (Å²) in [6.07, 6.45) is 0. The molecule has 282 valence electrons. The molecule has 0 unspecified atom stereocenters. The molecule has 0 atom stereocenters. The molecular weight excluding hydrogens is 769 g/mol. The quantitative estimate of drug-likeness (QED) is 0.161. The Hall–Kier alpha value is -7.31. The third-order valence-corrected chi connectivity index (χ3v) is 13.8. The van der Waals surface area contributed by atoms with Crippen LogP contribution in [0.25, 0.3) is 96.3 Å². The van der Waals surface area contributed by atoms with E-state index in [1.165, 1.54) is 47.1 Å². The van der Waals surface area contributed by atoms with Crippen LogP contribution in [0.2, 0.25) is 0 Å². The van der Waals surface area contributed by atoms with E-state index in [-0.39, 0.29) is 0 Å². The van der Waals surface area contributed by atoms with Gasteiger partial charge >= 0.3 is 0 Å². The second-order valence-electron chi connectivity index (χ2n) is 15.1. The lowest BCUT2D eigenvalue weighted by molar-refractivity contribution is 0.670. The Labute approximate surface area is 354 Å². The number of fused-ring (bicyclic) bond motifs is 8. The lowest BCUT2D eigenvalue weighted by atomic mass is 10.0. The fourth-order valence-electron chi connectivity index (χ4n) is 8.60. The van der Waals surface area contributed by atoms with Crippen molar-refractivity contribution >= 4 is 92.1 Å². The van der Waals surface area contributed by atoms with E-state index in [0.29, 0.717) is 0 Å². The minimum absolute atomic E-state index is 0.900. The summed E-state index contributed by atoms with van der Waals surface area (Å²) in [6, 6.07) is 73.8. The van der Waals surface area contributed by atoms with Gasteiger partial charge in [0.05, 0.1) is 10.2 Å². The van der Waals surface area contributed by atoms with Gasteiger partial charge in [0.2, 0.25) is 0 Å². The lowest BCUT2D eigenvalue weighted by Crippen LogP contribution is -2.10. The van der Waals surface area contributed by atoms with Crippen LogP contribution in [0.4, 0.5) is 17.1 Å². The Morgan fingerprint density at radius 2 is 1.02 bits per heavy atom. The SMILES string of the molecule is c1ccc(-c2ccc(N(c3ccc(-c4ccc5sc6ccc7nc(-c8ccccc8)sc7c6c5c4)cc3)c3cccc(-c4cccc5c4oc4ccccc45)c3)cc2)cc1. The van der Waals surface area contributed by atoms with Gasteiger partial charge in [-0.05, 0) is 94.5 Å². The number of hydrogen-bond donors (Lipinski definition) is 0. The van der Waals surface area contributed by atoms with Crippen LogP contribution in [-0.2, 0) is 0 Å². The van der Waals surface area contributed by atoms with Gasteiger partial charge in [-0.2, -0.15) is 0 Å². The Kier molecular flexibility index (Phi) is 8.22. The molecular formula is C55H34N2OS2. The topological polar surface area (TPSA) is 29.3 Å². The first-order valence-electron chi connectivity index (χ1n) is 20.1. The first-order chi connectivity index (χ1) is 29.7. The molecule has 5 heteroatoms. The van der Waals surface area contributed by atoms with Crippen LogP contribution in [0, 0.1) is 0 Å². The lowest BCUT2D eigenvalue weighted by Gasteiger charge is -2.26. The molecule has 3 heterocycles. The zero-order valence-corrected chi connectivity index (χ0v) is 33.9. The van der Waals surface area contributed by atoms with Crippen molar-refractivity contribution in [2.24, 2.45) is 0 Å². The smallest absolute Gasteiger partial charge is 0.143 e. The van der Waals surface area contributed by atoms with Gasteiger partial charge in [-0.3, -0.25) is 0 Å². The van der Waals surface area contributed by atoms with Crippen LogP contribution in [0.5, 0.6) is 0 Å². The maximum absolute atomic E-state index is 6.49. The fourth-order valence-corrected chi connectivity index (χ4v) is 10.9. The molecule has 0 spiro atoms. The Morgan fingerprint density at radius 3 is 1.80 bits per heavy atom. The van der Waals surface area contributed by atoms with Crippen molar-refractivity contribution in [3.8, 4) is 44.0 Å². The molecule has 0 aliphatic rings. The van der Waals surface area contributed by atoms with Crippen LogP contribution in [-0.4, -0.2) is 4.98 Å². The molecule has 0 N–H and O–H groups in total. The number of hydrogen-bond acceptors (Lipinski definition) is 5. The largest absolute Gasteiger partial charge is 0.455 e. The Balaban J connectivity index is 0.951. The van der Waals surface area contributed by atoms with Crippen LogP contribution in [0.3, 0.4) is 0 Å². The van der Waals surface area contributed by atoms with E-state index in [4.69, 9.17) is 9.40 Å². The predicted octanol–water partition coefficient (Wildman–Crippen LogP) is 16.7. The van der Waals surface area contributed by atoms with Crippen LogP contribution in [0.1, 0.15) is 0 Å². The normalized spacial score (nSPS) is 11.7. The molecule has 0 fully saturated rings. The summed E-state index contributed by atoms with van der Waals surface area (Å²) in [5, 5.41) is 5.89. The molecule has 0 bridgehead atoms. The fraction of sp³-hybridized carbons (Fsp3) is 0. The second-order valence-corrected chi connectivity index (χ2v) is 17.2. The van der Waals surface area contributed by atoms with Crippen LogP contribution in [0.15, 0.2) is 211 Å². The van der Waals surface area contributed by atoms with E-state index in [1.807, 2.05) is 23.5 Å². The second kappa shape index (κ2) is 14.2. The van der Waals surface area contributed by atoms with Crippen LogP contribution >= 0.6 is 22.7 Å². The van der Waals surface area contributed by atoms with Gasteiger partial charge in [-0.15, -0.1) is 22.7 Å². The van der Waals surface area contributed by atoms with Gasteiger partial charge in [0.1, 0.15) is 16.2 Å². The first kappa shape index (κ1) is 34.7. The van der Waals surface area contributed by atoms with Gasteiger partial charge < -0.3 is 9.32 Å². The summed E-state index contributed by atoms with van der Waals surface area (Å²) >= 11 is 3.64. The van der Waals surface area contributed by atoms with E-state index in [9.17, 15) is 0 Å². The van der Waals surface area contributed by atoms with Crippen molar-refractivity contribution < 1.29 is 4.42 Å². The molecule has 12 rings (SSSR count). The number of thiazole rings is 1. The minimum Gasteiger partial charge on any atom is -0.455 e. The van der Waals surface area contributed by atoms with Gasteiger partial charge in [0.25, 0.3) is 0 Å². The van der Waals surface area contributed by atoms with E-state index >= 15 is 0 Å². The average molecular weight is 803 g/mol. The molecule has 0 radical (unpaired) electrons. The molecule has 0 aliphatic carbocycles. The zero-order chi connectivity index (χ0) is 39.6. The molecule has 0 saturated carbocycles. The maximum atomic E-state index is 6.49. The van der Waals surface area contributed by atoms with Crippen molar-refractivity contribution in [1.82, 2.24) is 4.98 Å². The number of thiophene rings is 1. The molecule has 0 amide bonds. The highest BCUT2D eigenvalue weighted by atomic mass is 32.1. The van der Waals surface area contributed by atoms with Gasteiger partial charge in [0.15, 0.2) is 0 Å². The number of nitrogens with zero attached hydrogens (tertiary/aromatic N) is 2. The van der Waals surface area contributed by atoms with Crippen LogP contribution < -0.4 is 4.90 Å². The van der Waals surface area contributed by atoms with Crippen molar-refractivity contribution in [3.63, 3.8) is 0 Å². The van der Waals surface area contributed by atoms with Crippen molar-refractivity contribution in [2.75, 3.05) is 4.90 Å². The third-order valence-electron chi connectivity index (χ3n) is 11.5. The number of para-hydroxylation sites is 2. The highest BCUT2D eigenvalue weighted by Crippen LogP contribution is 2.45. The Morgan fingerprint density at radius 1 is 0.400 bits per heavy atom. The highest BCUT2D eigenvalue weighted by molar-refractivity contribution is 7.28. The third kappa shape index (κ3) is 5.90. The predicted molar refractivity (Wildman–Crippen MR) is 256 cm³/mol. The first-order valence-corrected chi connectivity index (χ1v) is 21.7. The molecule has 9 aromatic carbocycles. The van der Waals surface area contributed by atoms with Gasteiger partial charge in [-0.25, -0.2) is 4.98 Å². The summed E-state index contributed by atoms with van der Waals surface area (Å²) < 4.78 is 10.3. The molecule has 12 aromatic rings. The summed E-state index contributed by atoms with van der Waals surface area (Å²) in [5.41, 5.74) is 14.2. The van der Waals surface area contributed by atoms with Gasteiger partial charge in [-0.1, -0.05) is 140 Å². The standard InChI is InChI=1S/C55H34N2OS2/c1-3-11-35(12-4-1)36-21-26-41(27-22-36)57(43-16-9-15-40(33-43)44-18-10-19-46-45-17-7-8-20-49(45)58-53(44)46)42-28-23-37(24-29-42)39-25-31-50-47(34-39)52-51(59-50)32-30-48-54(52)60-55(56-48)38-13-5-2-6-14-38/h1-34H. The number of furan rings is 1. The highest BCUT2D eigenvalue weighted by Gasteiger charge is 2.18. The van der Waals surface area contributed by atoms with Gasteiger partial charge in [0, 0.05) is 59.1 Å². The van der Waals surface area contributed by atoms with Crippen molar-refractivity contribution in [2.45, 2.75) is 0 Å². The molecule has 60 heavy (non-hydrogen) atoms. The number of rotatable bonds is 7. The summed E-state index contributed by atoms with van der Waals surface area (Å²) in [5.74, 6) is 0. The van der Waals surface area contributed by atoms with E-state index in [0.717, 1.165) is 66.2 Å². The Bertz CT molecular complexity index is 3530. The number of anilines is 3. The van der Waals surface area contributed by atoms with E-state index < -0.39 is 0 Å². The maximum Gasteiger partial charge on any atom is 0.143 e. The molecule has 3 aromatic heterocycles. The van der Waals surface area contributed by atoms with E-state index in [2.05, 4.69) is 199 Å². The monoisotopic (exact) mass is 802 g/mol. The number of aromatic nitrogens is 1. The molecule has 0 saturated heterocycles. The number of benzene rings is 9. The zero-order valence-electron chi connectivity index (χ0n) is 32.2. The minimum atomic E-state index is 0.900. The van der Waals surface area contributed by atoms with Crippen molar-refractivity contribution in [1.29, 1.82) is 0 Å². The molecule has 3 nitrogen and oxygen atoms in total. The molecule has 0 aliphatic heterocycles. The summed E-state index contributed by atoms with van der Waals surface area (Å²) in [6.45, 7) is 0. The van der Waals surface area contributed by atoms with E-state index in [1.54, 1.807) is 11.3 Å². The average Bonchev–Trinajstić information content (AvgIpc) is 4.04. The summed E-state index contributed by atoms with van der Waals surface area (Å²) in [4.78, 5) is 7.40. The van der Waals surface area contributed by atoms with Crippen molar-refractivity contribution in [3.05, 3.63) is 206 Å².